The van der Waals surface area contributed by atoms with Crippen molar-refractivity contribution in [3.05, 3.63) is 96.1 Å². The second-order valence-electron chi connectivity index (χ2n) is 8.90. The molecule has 0 saturated heterocycles. The first-order valence-corrected chi connectivity index (χ1v) is 11.5. The van der Waals surface area contributed by atoms with E-state index in [9.17, 15) is 4.79 Å². The minimum absolute atomic E-state index is 0.0189. The maximum atomic E-state index is 13.4. The fourth-order valence-electron chi connectivity index (χ4n) is 4.63. The van der Waals surface area contributed by atoms with Crippen LogP contribution in [0.1, 0.15) is 42.7 Å². The molecule has 0 aliphatic heterocycles. The Balaban J connectivity index is 1.46. The SMILES string of the molecule is CN(C)c1ccc(NC(=O)N(Cc2ccccc2)C2CCC(c3ccccc3)CC2)cc1. The van der Waals surface area contributed by atoms with Crippen LogP contribution in [0.3, 0.4) is 0 Å². The van der Waals surface area contributed by atoms with Gasteiger partial charge in [-0.2, -0.15) is 0 Å². The predicted octanol–water partition coefficient (Wildman–Crippen LogP) is 6.51. The number of hydrogen-bond donors (Lipinski definition) is 1. The van der Waals surface area contributed by atoms with Gasteiger partial charge in [-0.25, -0.2) is 4.79 Å². The van der Waals surface area contributed by atoms with Crippen molar-refractivity contribution < 1.29 is 4.79 Å². The molecule has 166 valence electrons. The lowest BCUT2D eigenvalue weighted by atomic mass is 9.81. The van der Waals surface area contributed by atoms with E-state index in [0.717, 1.165) is 42.6 Å². The summed E-state index contributed by atoms with van der Waals surface area (Å²) in [5.74, 6) is 0.590. The zero-order valence-corrected chi connectivity index (χ0v) is 19.1. The van der Waals surface area contributed by atoms with Crippen LogP contribution in [0.5, 0.6) is 0 Å². The van der Waals surface area contributed by atoms with Crippen molar-refractivity contribution in [3.63, 3.8) is 0 Å². The monoisotopic (exact) mass is 427 g/mol. The van der Waals surface area contributed by atoms with Gasteiger partial charge in [0, 0.05) is 38.1 Å². The number of amides is 2. The first-order valence-electron chi connectivity index (χ1n) is 11.5. The minimum Gasteiger partial charge on any atom is -0.378 e. The molecule has 1 aliphatic rings. The second-order valence-corrected chi connectivity index (χ2v) is 8.90. The summed E-state index contributed by atoms with van der Waals surface area (Å²) in [4.78, 5) is 17.5. The molecule has 0 aromatic heterocycles. The van der Waals surface area contributed by atoms with E-state index in [2.05, 4.69) is 52.7 Å². The third kappa shape index (κ3) is 5.50. The molecule has 0 heterocycles. The number of carbonyl (C=O) groups excluding carboxylic acids is 1. The quantitative estimate of drug-likeness (QED) is 0.486. The van der Waals surface area contributed by atoms with E-state index in [1.807, 2.05) is 61.5 Å². The summed E-state index contributed by atoms with van der Waals surface area (Å²) in [5, 5.41) is 3.14. The maximum absolute atomic E-state index is 13.4. The van der Waals surface area contributed by atoms with Gasteiger partial charge in [-0.1, -0.05) is 60.7 Å². The van der Waals surface area contributed by atoms with Crippen molar-refractivity contribution in [2.45, 2.75) is 44.2 Å². The van der Waals surface area contributed by atoms with E-state index in [-0.39, 0.29) is 12.1 Å². The second kappa shape index (κ2) is 10.4. The van der Waals surface area contributed by atoms with Gasteiger partial charge in [0.1, 0.15) is 0 Å². The first-order chi connectivity index (χ1) is 15.6. The van der Waals surface area contributed by atoms with E-state index in [4.69, 9.17) is 0 Å². The van der Waals surface area contributed by atoms with Gasteiger partial charge in [-0.05, 0) is 67.0 Å². The molecular weight excluding hydrogens is 394 g/mol. The van der Waals surface area contributed by atoms with Crippen molar-refractivity contribution >= 4 is 17.4 Å². The Hall–Kier alpha value is -3.27. The van der Waals surface area contributed by atoms with Gasteiger partial charge in [-0.15, -0.1) is 0 Å². The number of benzene rings is 3. The Morgan fingerprint density at radius 3 is 2.00 bits per heavy atom. The van der Waals surface area contributed by atoms with Crippen LogP contribution in [0.2, 0.25) is 0 Å². The lowest BCUT2D eigenvalue weighted by Gasteiger charge is -2.37. The summed E-state index contributed by atoms with van der Waals surface area (Å²) >= 11 is 0. The Bertz CT molecular complexity index is 978. The van der Waals surface area contributed by atoms with Crippen molar-refractivity contribution in [2.75, 3.05) is 24.3 Å². The van der Waals surface area contributed by atoms with Gasteiger partial charge in [0.2, 0.25) is 0 Å². The number of anilines is 2. The molecule has 32 heavy (non-hydrogen) atoms. The number of urea groups is 1. The fourth-order valence-corrected chi connectivity index (χ4v) is 4.63. The van der Waals surface area contributed by atoms with Crippen LogP contribution in [-0.2, 0) is 6.54 Å². The van der Waals surface area contributed by atoms with E-state index < -0.39 is 0 Å². The van der Waals surface area contributed by atoms with Gasteiger partial charge in [0.05, 0.1) is 0 Å². The zero-order valence-electron chi connectivity index (χ0n) is 19.1. The molecule has 0 spiro atoms. The highest BCUT2D eigenvalue weighted by Crippen LogP contribution is 2.35. The fraction of sp³-hybridized carbons (Fsp3) is 0.321. The highest BCUT2D eigenvalue weighted by Gasteiger charge is 2.29. The highest BCUT2D eigenvalue weighted by molar-refractivity contribution is 5.89. The van der Waals surface area contributed by atoms with Gasteiger partial charge in [0.25, 0.3) is 0 Å². The van der Waals surface area contributed by atoms with Crippen LogP contribution in [0, 0.1) is 0 Å². The van der Waals surface area contributed by atoms with E-state index in [0.29, 0.717) is 12.5 Å². The number of hydrogen-bond acceptors (Lipinski definition) is 2. The van der Waals surface area contributed by atoms with E-state index >= 15 is 0 Å². The van der Waals surface area contributed by atoms with E-state index in [1.54, 1.807) is 0 Å². The van der Waals surface area contributed by atoms with Gasteiger partial charge in [-0.3, -0.25) is 0 Å². The number of rotatable bonds is 6. The van der Waals surface area contributed by atoms with Crippen LogP contribution in [0.15, 0.2) is 84.9 Å². The summed E-state index contributed by atoms with van der Waals surface area (Å²) in [7, 11) is 4.03. The molecule has 1 N–H and O–H groups in total. The Morgan fingerprint density at radius 2 is 1.41 bits per heavy atom. The predicted molar refractivity (Wildman–Crippen MR) is 133 cm³/mol. The molecule has 1 aliphatic carbocycles. The molecule has 2 amide bonds. The molecule has 0 unspecified atom stereocenters. The summed E-state index contributed by atoms with van der Waals surface area (Å²) in [6.07, 6.45) is 4.29. The Morgan fingerprint density at radius 1 is 0.812 bits per heavy atom. The van der Waals surface area contributed by atoms with Crippen LogP contribution < -0.4 is 10.2 Å². The molecule has 4 heteroatoms. The summed E-state index contributed by atoms with van der Waals surface area (Å²) in [5.41, 5.74) is 4.53. The molecule has 0 atom stereocenters. The average Bonchev–Trinajstić information content (AvgIpc) is 2.84. The molecule has 3 aromatic rings. The third-order valence-electron chi connectivity index (χ3n) is 6.50. The van der Waals surface area contributed by atoms with Gasteiger partial charge < -0.3 is 15.1 Å². The van der Waals surface area contributed by atoms with Crippen molar-refractivity contribution in [2.24, 2.45) is 0 Å². The molecule has 0 bridgehead atoms. The maximum Gasteiger partial charge on any atom is 0.322 e. The summed E-state index contributed by atoms with van der Waals surface area (Å²) in [6.45, 7) is 0.628. The lowest BCUT2D eigenvalue weighted by Crippen LogP contribution is -2.44. The van der Waals surface area contributed by atoms with Crippen LogP contribution >= 0.6 is 0 Å². The number of nitrogens with zero attached hydrogens (tertiary/aromatic N) is 2. The molecule has 1 saturated carbocycles. The van der Waals surface area contributed by atoms with Crippen molar-refractivity contribution in [3.8, 4) is 0 Å². The minimum atomic E-state index is -0.0189. The normalized spacial score (nSPS) is 18.1. The molecule has 4 nitrogen and oxygen atoms in total. The molecule has 3 aromatic carbocycles. The third-order valence-corrected chi connectivity index (χ3v) is 6.50. The number of nitrogens with one attached hydrogen (secondary N) is 1. The largest absolute Gasteiger partial charge is 0.378 e. The topological polar surface area (TPSA) is 35.6 Å². The average molecular weight is 428 g/mol. The van der Waals surface area contributed by atoms with E-state index in [1.165, 1.54) is 5.56 Å². The number of carbonyl (C=O) groups is 1. The van der Waals surface area contributed by atoms with Crippen LogP contribution in [-0.4, -0.2) is 31.1 Å². The van der Waals surface area contributed by atoms with Crippen molar-refractivity contribution in [1.82, 2.24) is 4.90 Å². The standard InChI is InChI=1S/C28H33N3O/c1-30(2)26-19-15-25(16-20-26)29-28(32)31(21-22-9-5-3-6-10-22)27-17-13-24(14-18-27)23-11-7-4-8-12-23/h3-12,15-16,19-20,24,27H,13-14,17-18,21H2,1-2H3,(H,29,32). The summed E-state index contributed by atoms with van der Waals surface area (Å²) < 4.78 is 0. The van der Waals surface area contributed by atoms with Gasteiger partial charge in [0.15, 0.2) is 0 Å². The van der Waals surface area contributed by atoms with Crippen LogP contribution in [0.25, 0.3) is 0 Å². The summed E-state index contributed by atoms with van der Waals surface area (Å²) in [6, 6.07) is 29.3. The molecule has 1 fully saturated rings. The highest BCUT2D eigenvalue weighted by atomic mass is 16.2. The Kier molecular flexibility index (Phi) is 7.10. The Labute approximate surface area is 191 Å². The zero-order chi connectivity index (χ0) is 22.3. The van der Waals surface area contributed by atoms with Gasteiger partial charge >= 0.3 is 6.03 Å². The lowest BCUT2D eigenvalue weighted by molar-refractivity contribution is 0.158. The molecule has 4 rings (SSSR count). The van der Waals surface area contributed by atoms with Crippen LogP contribution in [0.4, 0.5) is 16.2 Å². The smallest absolute Gasteiger partial charge is 0.322 e. The molecule has 0 radical (unpaired) electrons. The molecular formula is C28H33N3O. The first kappa shape index (κ1) is 21.9. The van der Waals surface area contributed by atoms with Crippen molar-refractivity contribution in [1.29, 1.82) is 0 Å².